The number of ether oxygens (including phenoxy) is 2. The summed E-state index contributed by atoms with van der Waals surface area (Å²) in [6.45, 7) is 4.64. The van der Waals surface area contributed by atoms with Gasteiger partial charge in [-0.3, -0.25) is 4.79 Å². The van der Waals surface area contributed by atoms with E-state index < -0.39 is 11.2 Å². The van der Waals surface area contributed by atoms with Crippen LogP contribution >= 0.6 is 23.2 Å². The van der Waals surface area contributed by atoms with Crippen molar-refractivity contribution < 1.29 is 18.8 Å². The first-order chi connectivity index (χ1) is 15.4. The summed E-state index contributed by atoms with van der Waals surface area (Å²) in [5, 5.41) is 3.97. The van der Waals surface area contributed by atoms with Crippen LogP contribution in [0.15, 0.2) is 41.3 Å². The molecule has 0 spiro atoms. The van der Waals surface area contributed by atoms with E-state index in [4.69, 9.17) is 32.7 Å². The number of benzene rings is 2. The summed E-state index contributed by atoms with van der Waals surface area (Å²) in [7, 11) is 1.53. The number of anilines is 1. The van der Waals surface area contributed by atoms with Gasteiger partial charge in [-0.1, -0.05) is 23.2 Å². The van der Waals surface area contributed by atoms with Gasteiger partial charge in [-0.25, -0.2) is 0 Å². The summed E-state index contributed by atoms with van der Waals surface area (Å²) < 4.78 is 24.0. The third-order valence-electron chi connectivity index (χ3n) is 5.32. The molecule has 174 valence electrons. The van der Waals surface area contributed by atoms with E-state index in [-0.39, 0.29) is 11.2 Å². The first-order valence-electron chi connectivity index (χ1n) is 10.5. The summed E-state index contributed by atoms with van der Waals surface area (Å²) in [6.07, 6.45) is 2.63. The Balaban J connectivity index is 1.45. The molecule has 3 rings (SSSR count). The molecule has 0 radical (unpaired) electrons. The first kappa shape index (κ1) is 25.0. The SMILES string of the molecule is COc1cc(OCCCN2CCC([S+]([O-])c3ccc(Cl)cc3)CC2)c(NC(C)=O)cc1Cl. The van der Waals surface area contributed by atoms with E-state index in [1.165, 1.54) is 14.0 Å². The van der Waals surface area contributed by atoms with Crippen LogP contribution in [0.2, 0.25) is 10.0 Å². The quantitative estimate of drug-likeness (QED) is 0.388. The van der Waals surface area contributed by atoms with Crippen LogP contribution in [0.25, 0.3) is 0 Å². The number of hydrogen-bond donors (Lipinski definition) is 1. The second-order valence-electron chi connectivity index (χ2n) is 7.66. The number of hydrogen-bond acceptors (Lipinski definition) is 5. The third kappa shape index (κ3) is 6.93. The molecule has 1 unspecified atom stereocenters. The lowest BCUT2D eigenvalue weighted by molar-refractivity contribution is -0.114. The average Bonchev–Trinajstić information content (AvgIpc) is 2.78. The van der Waals surface area contributed by atoms with Crippen molar-refractivity contribution in [2.45, 2.75) is 36.3 Å². The van der Waals surface area contributed by atoms with Gasteiger partial charge >= 0.3 is 0 Å². The van der Waals surface area contributed by atoms with Crippen LogP contribution in [-0.2, 0) is 16.0 Å². The van der Waals surface area contributed by atoms with Crippen LogP contribution in [0.4, 0.5) is 5.69 Å². The number of nitrogens with one attached hydrogen (secondary N) is 1. The van der Waals surface area contributed by atoms with Crippen LogP contribution in [0.5, 0.6) is 11.5 Å². The highest BCUT2D eigenvalue weighted by Gasteiger charge is 2.29. The molecular formula is C23H28Cl2N2O4S. The minimum atomic E-state index is -1.01. The fourth-order valence-electron chi connectivity index (χ4n) is 3.68. The zero-order valence-corrected chi connectivity index (χ0v) is 20.6. The molecule has 1 aliphatic rings. The highest BCUT2D eigenvalue weighted by molar-refractivity contribution is 7.92. The Kier molecular flexibility index (Phi) is 9.37. The fraction of sp³-hybridized carbons (Fsp3) is 0.435. The summed E-state index contributed by atoms with van der Waals surface area (Å²) in [5.41, 5.74) is 0.522. The van der Waals surface area contributed by atoms with Gasteiger partial charge in [-0.15, -0.1) is 0 Å². The Bertz CT molecular complexity index is 906. The van der Waals surface area contributed by atoms with Gasteiger partial charge < -0.3 is 24.2 Å². The summed E-state index contributed by atoms with van der Waals surface area (Å²) in [5.74, 6) is 0.819. The van der Waals surface area contributed by atoms with Gasteiger partial charge in [-0.05, 0) is 47.9 Å². The van der Waals surface area contributed by atoms with Gasteiger partial charge in [0.2, 0.25) is 5.91 Å². The van der Waals surface area contributed by atoms with Gasteiger partial charge in [0.05, 0.1) is 24.4 Å². The van der Waals surface area contributed by atoms with Gasteiger partial charge in [-0.2, -0.15) is 0 Å². The Morgan fingerprint density at radius 1 is 1.19 bits per heavy atom. The number of amides is 1. The van der Waals surface area contributed by atoms with E-state index >= 15 is 0 Å². The molecule has 1 fully saturated rings. The van der Waals surface area contributed by atoms with Crippen LogP contribution < -0.4 is 14.8 Å². The lowest BCUT2D eigenvalue weighted by Crippen LogP contribution is -2.40. The molecule has 9 heteroatoms. The minimum absolute atomic E-state index is 0.172. The number of halogens is 2. The normalized spacial score (nSPS) is 15.9. The lowest BCUT2D eigenvalue weighted by atomic mass is 10.1. The van der Waals surface area contributed by atoms with E-state index in [2.05, 4.69) is 10.2 Å². The molecule has 0 saturated carbocycles. The van der Waals surface area contributed by atoms with Crippen LogP contribution in [0, 0.1) is 0 Å². The van der Waals surface area contributed by atoms with Crippen LogP contribution in [0.3, 0.4) is 0 Å². The van der Waals surface area contributed by atoms with E-state index in [9.17, 15) is 9.35 Å². The second kappa shape index (κ2) is 12.0. The number of piperidine rings is 1. The maximum Gasteiger partial charge on any atom is 0.221 e. The molecule has 6 nitrogen and oxygen atoms in total. The molecule has 1 heterocycles. The van der Waals surface area contributed by atoms with E-state index in [0.29, 0.717) is 33.8 Å². The molecule has 2 aromatic rings. The minimum Gasteiger partial charge on any atom is -0.611 e. The van der Waals surface area contributed by atoms with Crippen molar-refractivity contribution in [2.24, 2.45) is 0 Å². The van der Waals surface area contributed by atoms with Gasteiger partial charge in [0.1, 0.15) is 16.7 Å². The van der Waals surface area contributed by atoms with Crippen LogP contribution in [0.1, 0.15) is 26.2 Å². The van der Waals surface area contributed by atoms with Gasteiger partial charge in [0.15, 0.2) is 4.90 Å². The lowest BCUT2D eigenvalue weighted by Gasteiger charge is -2.32. The average molecular weight is 499 g/mol. The maximum atomic E-state index is 12.8. The number of nitrogens with zero attached hydrogens (tertiary/aromatic N) is 1. The molecule has 2 aromatic carbocycles. The topological polar surface area (TPSA) is 73.9 Å². The highest BCUT2D eigenvalue weighted by atomic mass is 35.5. The van der Waals surface area contributed by atoms with E-state index in [0.717, 1.165) is 43.8 Å². The predicted octanol–water partition coefficient (Wildman–Crippen LogP) is 5.00. The molecular weight excluding hydrogens is 471 g/mol. The van der Waals surface area contributed by atoms with Crippen molar-refractivity contribution in [3.05, 3.63) is 46.4 Å². The fourth-order valence-corrected chi connectivity index (χ4v) is 5.47. The standard InChI is InChI=1S/C23H28Cl2N2O4S/c1-16(28)26-21-14-20(25)22(30-2)15-23(21)31-13-3-10-27-11-8-19(9-12-27)32(29)18-6-4-17(24)5-7-18/h4-7,14-15,19H,3,8-13H2,1-2H3,(H,26,28). The smallest absolute Gasteiger partial charge is 0.221 e. The number of methoxy groups -OCH3 is 1. The molecule has 0 aromatic heterocycles. The predicted molar refractivity (Wildman–Crippen MR) is 130 cm³/mol. The zero-order chi connectivity index (χ0) is 23.1. The van der Waals surface area contributed by atoms with Crippen molar-refractivity contribution in [1.82, 2.24) is 4.90 Å². The Labute approximate surface area is 202 Å². The zero-order valence-electron chi connectivity index (χ0n) is 18.2. The van der Waals surface area contributed by atoms with E-state index in [1.54, 1.807) is 24.3 Å². The highest BCUT2D eigenvalue weighted by Crippen LogP contribution is 2.36. The van der Waals surface area contributed by atoms with Gasteiger partial charge in [0.25, 0.3) is 0 Å². The molecule has 1 atom stereocenters. The number of carbonyl (C=O) groups excluding carboxylic acids is 1. The molecule has 0 aliphatic carbocycles. The summed E-state index contributed by atoms with van der Waals surface area (Å²) in [6, 6.07) is 10.6. The molecule has 32 heavy (non-hydrogen) atoms. The van der Waals surface area contributed by atoms with Crippen molar-refractivity contribution in [2.75, 3.05) is 38.7 Å². The van der Waals surface area contributed by atoms with Gasteiger partial charge in [0, 0.05) is 50.5 Å². The molecule has 1 amide bonds. The Morgan fingerprint density at radius 3 is 2.50 bits per heavy atom. The molecule has 1 saturated heterocycles. The van der Waals surface area contributed by atoms with Crippen molar-refractivity contribution in [1.29, 1.82) is 0 Å². The van der Waals surface area contributed by atoms with Crippen molar-refractivity contribution in [3.63, 3.8) is 0 Å². The largest absolute Gasteiger partial charge is 0.611 e. The second-order valence-corrected chi connectivity index (χ2v) is 10.2. The molecule has 1 N–H and O–H groups in total. The van der Waals surface area contributed by atoms with Crippen molar-refractivity contribution >= 4 is 46.0 Å². The Morgan fingerprint density at radius 2 is 1.88 bits per heavy atom. The maximum absolute atomic E-state index is 12.8. The number of carbonyl (C=O) groups is 1. The van der Waals surface area contributed by atoms with E-state index in [1.807, 2.05) is 12.1 Å². The first-order valence-corrected chi connectivity index (χ1v) is 12.5. The summed E-state index contributed by atoms with van der Waals surface area (Å²) >= 11 is 11.1. The monoisotopic (exact) mass is 498 g/mol. The molecule has 1 aliphatic heterocycles. The molecule has 0 bridgehead atoms. The number of likely N-dealkylation sites (tertiary alicyclic amines) is 1. The van der Waals surface area contributed by atoms with Crippen molar-refractivity contribution in [3.8, 4) is 11.5 Å². The Hall–Kier alpha value is -1.64. The number of rotatable bonds is 9. The van der Waals surface area contributed by atoms with Crippen LogP contribution in [-0.4, -0.2) is 54.0 Å². The third-order valence-corrected chi connectivity index (χ3v) is 7.69. The summed E-state index contributed by atoms with van der Waals surface area (Å²) in [4.78, 5) is 14.7.